The maximum absolute atomic E-state index is 11.5. The molecule has 2 fully saturated rings. The molecule has 5 nitrogen and oxygen atoms in total. The van der Waals surface area contributed by atoms with Crippen LogP contribution in [0.4, 0.5) is 10.5 Å². The number of carbonyl (C=O) groups excluding carboxylic acids is 1. The Labute approximate surface area is 119 Å². The number of hydrogen-bond acceptors (Lipinski definition) is 3. The van der Waals surface area contributed by atoms with Gasteiger partial charge in [0.1, 0.15) is 0 Å². The van der Waals surface area contributed by atoms with Gasteiger partial charge in [-0.15, -0.1) is 12.4 Å². The van der Waals surface area contributed by atoms with Crippen LogP contribution in [0.15, 0.2) is 24.3 Å². The Morgan fingerprint density at radius 1 is 1.37 bits per heavy atom. The van der Waals surface area contributed by atoms with Crippen molar-refractivity contribution >= 4 is 24.1 Å². The number of nitrogens with zero attached hydrogens (tertiary/aromatic N) is 2. The van der Waals surface area contributed by atoms with Crippen LogP contribution in [0.1, 0.15) is 5.56 Å². The van der Waals surface area contributed by atoms with Gasteiger partial charge in [-0.1, -0.05) is 12.1 Å². The number of halogens is 1. The van der Waals surface area contributed by atoms with Crippen LogP contribution in [-0.4, -0.2) is 48.1 Å². The minimum atomic E-state index is 0. The normalized spacial score (nSPS) is 22.6. The van der Waals surface area contributed by atoms with E-state index in [1.54, 1.807) is 0 Å². The standard InChI is InChI=1S/C13H18N4O.ClH/c14-11-3-1-2-10(6-11)8-16-4-5-17-12(9-16)7-15-13(17)18;/h1-3,6,12H,4-5,7-9,14H2,(H,15,18);1H. The van der Waals surface area contributed by atoms with Crippen LogP contribution >= 0.6 is 12.4 Å². The second-order valence-electron chi connectivity index (χ2n) is 5.01. The Bertz CT molecular complexity index is 468. The number of fused-ring (bicyclic) bond motifs is 1. The molecule has 2 amide bonds. The van der Waals surface area contributed by atoms with E-state index in [1.165, 1.54) is 5.56 Å². The summed E-state index contributed by atoms with van der Waals surface area (Å²) < 4.78 is 0. The molecule has 6 heteroatoms. The number of hydrogen-bond donors (Lipinski definition) is 2. The number of rotatable bonds is 2. The summed E-state index contributed by atoms with van der Waals surface area (Å²) in [5.74, 6) is 0. The van der Waals surface area contributed by atoms with Gasteiger partial charge in [-0.25, -0.2) is 4.79 Å². The Kier molecular flexibility index (Phi) is 4.17. The van der Waals surface area contributed by atoms with Gasteiger partial charge in [0, 0.05) is 38.4 Å². The second-order valence-corrected chi connectivity index (χ2v) is 5.01. The minimum absolute atomic E-state index is 0. The van der Waals surface area contributed by atoms with Crippen molar-refractivity contribution in [1.82, 2.24) is 15.1 Å². The molecule has 2 saturated heterocycles. The van der Waals surface area contributed by atoms with Crippen LogP contribution in [0.2, 0.25) is 0 Å². The monoisotopic (exact) mass is 282 g/mol. The third kappa shape index (κ3) is 2.93. The zero-order valence-corrected chi connectivity index (χ0v) is 11.5. The van der Waals surface area contributed by atoms with Crippen molar-refractivity contribution in [3.05, 3.63) is 29.8 Å². The summed E-state index contributed by atoms with van der Waals surface area (Å²) in [7, 11) is 0. The third-order valence-electron chi connectivity index (χ3n) is 3.67. The van der Waals surface area contributed by atoms with Crippen molar-refractivity contribution in [3.63, 3.8) is 0 Å². The number of carbonyl (C=O) groups is 1. The molecular weight excluding hydrogens is 264 g/mol. The van der Waals surface area contributed by atoms with Crippen LogP contribution in [0.25, 0.3) is 0 Å². The molecule has 2 heterocycles. The predicted molar refractivity (Wildman–Crippen MR) is 77.3 cm³/mol. The molecule has 1 unspecified atom stereocenters. The highest BCUT2D eigenvalue weighted by molar-refractivity contribution is 5.85. The molecule has 0 aromatic heterocycles. The lowest BCUT2D eigenvalue weighted by Crippen LogP contribution is -2.51. The number of anilines is 1. The van der Waals surface area contributed by atoms with Gasteiger partial charge in [0.05, 0.1) is 6.04 Å². The van der Waals surface area contributed by atoms with Crippen LogP contribution in [0.3, 0.4) is 0 Å². The Morgan fingerprint density at radius 3 is 3.00 bits per heavy atom. The third-order valence-corrected chi connectivity index (χ3v) is 3.67. The summed E-state index contributed by atoms with van der Waals surface area (Å²) in [4.78, 5) is 15.8. The zero-order chi connectivity index (χ0) is 12.5. The number of nitrogens with two attached hydrogens (primary N) is 1. The molecule has 1 atom stereocenters. The number of piperazine rings is 1. The summed E-state index contributed by atoms with van der Waals surface area (Å²) in [5, 5.41) is 2.90. The highest BCUT2D eigenvalue weighted by Gasteiger charge is 2.35. The molecule has 3 N–H and O–H groups in total. The highest BCUT2D eigenvalue weighted by atomic mass is 35.5. The minimum Gasteiger partial charge on any atom is -0.399 e. The number of nitrogens with one attached hydrogen (secondary N) is 1. The molecule has 0 radical (unpaired) electrons. The van der Waals surface area contributed by atoms with Crippen molar-refractivity contribution in [1.29, 1.82) is 0 Å². The molecule has 1 aromatic carbocycles. The first-order valence-corrected chi connectivity index (χ1v) is 6.33. The first kappa shape index (κ1) is 14.0. The van der Waals surface area contributed by atoms with Gasteiger partial charge in [-0.3, -0.25) is 4.90 Å². The van der Waals surface area contributed by atoms with Gasteiger partial charge in [-0.2, -0.15) is 0 Å². The van der Waals surface area contributed by atoms with E-state index < -0.39 is 0 Å². The fraction of sp³-hybridized carbons (Fsp3) is 0.462. The largest absolute Gasteiger partial charge is 0.399 e. The summed E-state index contributed by atoms with van der Waals surface area (Å²) in [6, 6.07) is 8.42. The fourth-order valence-electron chi connectivity index (χ4n) is 2.76. The number of urea groups is 1. The number of nitrogen functional groups attached to an aromatic ring is 1. The first-order chi connectivity index (χ1) is 8.72. The van der Waals surface area contributed by atoms with Crippen molar-refractivity contribution in [2.24, 2.45) is 0 Å². The van der Waals surface area contributed by atoms with Gasteiger partial charge in [0.15, 0.2) is 0 Å². The molecular formula is C13H19ClN4O. The summed E-state index contributed by atoms with van der Waals surface area (Å²) in [6.45, 7) is 4.36. The molecule has 0 bridgehead atoms. The van der Waals surface area contributed by atoms with Crippen LogP contribution in [0, 0.1) is 0 Å². The van der Waals surface area contributed by atoms with E-state index in [0.29, 0.717) is 6.04 Å². The van der Waals surface area contributed by atoms with E-state index >= 15 is 0 Å². The maximum atomic E-state index is 11.5. The average Bonchev–Trinajstić information content (AvgIpc) is 2.71. The average molecular weight is 283 g/mol. The molecule has 0 aliphatic carbocycles. The van der Waals surface area contributed by atoms with Crippen LogP contribution in [-0.2, 0) is 6.54 Å². The smallest absolute Gasteiger partial charge is 0.317 e. The highest BCUT2D eigenvalue weighted by Crippen LogP contribution is 2.17. The van der Waals surface area contributed by atoms with Crippen molar-refractivity contribution in [3.8, 4) is 0 Å². The molecule has 3 rings (SSSR count). The van der Waals surface area contributed by atoms with E-state index in [2.05, 4.69) is 16.3 Å². The SMILES string of the molecule is Cl.Nc1cccc(CN2CCN3C(=O)NCC3C2)c1. The number of benzene rings is 1. The molecule has 2 aliphatic heterocycles. The van der Waals surface area contributed by atoms with Gasteiger partial charge < -0.3 is 16.0 Å². The van der Waals surface area contributed by atoms with E-state index in [4.69, 9.17) is 5.73 Å². The summed E-state index contributed by atoms with van der Waals surface area (Å²) >= 11 is 0. The van der Waals surface area contributed by atoms with Gasteiger partial charge in [0.2, 0.25) is 0 Å². The van der Waals surface area contributed by atoms with Crippen LogP contribution < -0.4 is 11.1 Å². The van der Waals surface area contributed by atoms with Gasteiger partial charge in [0.25, 0.3) is 0 Å². The zero-order valence-electron chi connectivity index (χ0n) is 10.7. The summed E-state index contributed by atoms with van der Waals surface area (Å²) in [6.07, 6.45) is 0. The lowest BCUT2D eigenvalue weighted by molar-refractivity contribution is 0.116. The first-order valence-electron chi connectivity index (χ1n) is 6.33. The molecule has 19 heavy (non-hydrogen) atoms. The quantitative estimate of drug-likeness (QED) is 0.793. The molecule has 0 spiro atoms. The number of amides is 2. The van der Waals surface area contributed by atoms with Gasteiger partial charge >= 0.3 is 6.03 Å². The van der Waals surface area contributed by atoms with Crippen molar-refractivity contribution in [2.45, 2.75) is 12.6 Å². The molecule has 104 valence electrons. The van der Waals surface area contributed by atoms with Crippen LogP contribution in [0.5, 0.6) is 0 Å². The van der Waals surface area contributed by atoms with Crippen molar-refractivity contribution < 1.29 is 4.79 Å². The topological polar surface area (TPSA) is 61.6 Å². The maximum Gasteiger partial charge on any atom is 0.317 e. The van der Waals surface area contributed by atoms with E-state index in [1.807, 2.05) is 23.1 Å². The lowest BCUT2D eigenvalue weighted by Gasteiger charge is -2.36. The molecule has 0 saturated carbocycles. The molecule has 2 aliphatic rings. The van der Waals surface area contributed by atoms with Gasteiger partial charge in [-0.05, 0) is 17.7 Å². The van der Waals surface area contributed by atoms with E-state index in [0.717, 1.165) is 38.4 Å². The molecule has 1 aromatic rings. The summed E-state index contributed by atoms with van der Waals surface area (Å²) in [5.41, 5.74) is 7.83. The van der Waals surface area contributed by atoms with E-state index in [9.17, 15) is 4.79 Å². The fourth-order valence-corrected chi connectivity index (χ4v) is 2.76. The second kappa shape index (κ2) is 5.67. The lowest BCUT2D eigenvalue weighted by atomic mass is 10.1. The Morgan fingerprint density at radius 2 is 2.21 bits per heavy atom. The van der Waals surface area contributed by atoms with Crippen molar-refractivity contribution in [2.75, 3.05) is 31.9 Å². The Hall–Kier alpha value is -1.46. The van der Waals surface area contributed by atoms with E-state index in [-0.39, 0.29) is 18.4 Å². The predicted octanol–water partition coefficient (Wildman–Crippen LogP) is 0.900. The Balaban J connectivity index is 0.00000133.